The summed E-state index contributed by atoms with van der Waals surface area (Å²) in [6, 6.07) is 17.4. The highest BCUT2D eigenvalue weighted by atomic mass is 19.1. The van der Waals surface area contributed by atoms with Crippen LogP contribution in [0, 0.1) is 25.5 Å². The minimum atomic E-state index is -0.408. The monoisotopic (exact) mass is 339 g/mol. The number of aryl methyl sites for hydroxylation is 1. The quantitative estimate of drug-likeness (QED) is 0.624. The van der Waals surface area contributed by atoms with Crippen LogP contribution in [-0.2, 0) is 6.61 Å². The lowest BCUT2D eigenvalue weighted by molar-refractivity contribution is 0.288. The van der Waals surface area contributed by atoms with Gasteiger partial charge in [0.1, 0.15) is 12.4 Å². The maximum atomic E-state index is 14.2. The summed E-state index contributed by atoms with van der Waals surface area (Å²) in [5.41, 5.74) is 3.63. The zero-order valence-corrected chi connectivity index (χ0v) is 14.1. The fourth-order valence-corrected chi connectivity index (χ4v) is 2.58. The molecule has 0 amide bonds. The van der Waals surface area contributed by atoms with Crippen molar-refractivity contribution in [2.45, 2.75) is 20.5 Å². The van der Waals surface area contributed by atoms with Gasteiger partial charge in [0, 0.05) is 16.9 Å². The molecule has 4 heteroatoms. The summed E-state index contributed by atoms with van der Waals surface area (Å²) in [5.74, 6) is -0.449. The molecule has 0 saturated carbocycles. The Kier molecular flexibility index (Phi) is 4.98. The van der Waals surface area contributed by atoms with E-state index in [4.69, 9.17) is 4.74 Å². The van der Waals surface area contributed by atoms with Crippen molar-refractivity contribution >= 4 is 11.4 Å². The molecule has 25 heavy (non-hydrogen) atoms. The van der Waals surface area contributed by atoms with Gasteiger partial charge in [-0.2, -0.15) is 0 Å². The Balaban J connectivity index is 1.82. The molecule has 0 aromatic heterocycles. The van der Waals surface area contributed by atoms with E-state index < -0.39 is 5.82 Å². The first-order valence-corrected chi connectivity index (χ1v) is 8.03. The molecule has 0 atom stereocenters. The van der Waals surface area contributed by atoms with Gasteiger partial charge in [0.15, 0.2) is 11.6 Å². The number of anilines is 2. The van der Waals surface area contributed by atoms with Crippen LogP contribution < -0.4 is 10.1 Å². The van der Waals surface area contributed by atoms with Crippen molar-refractivity contribution in [2.75, 3.05) is 5.32 Å². The summed E-state index contributed by atoms with van der Waals surface area (Å²) in [5, 5.41) is 3.19. The van der Waals surface area contributed by atoms with Gasteiger partial charge >= 0.3 is 0 Å². The maximum Gasteiger partial charge on any atom is 0.165 e. The molecule has 0 radical (unpaired) electrons. The van der Waals surface area contributed by atoms with E-state index in [0.29, 0.717) is 11.1 Å². The second-order valence-corrected chi connectivity index (χ2v) is 5.91. The lowest BCUT2D eigenvalue weighted by Gasteiger charge is -2.15. The van der Waals surface area contributed by atoms with E-state index in [9.17, 15) is 8.78 Å². The van der Waals surface area contributed by atoms with E-state index in [1.54, 1.807) is 32.0 Å². The molecule has 0 spiro atoms. The SMILES string of the molecule is Cc1cc(Nc2ccc(F)c(OCc3ccccc3)c2C)ccc1F. The fourth-order valence-electron chi connectivity index (χ4n) is 2.58. The largest absolute Gasteiger partial charge is 0.485 e. The lowest BCUT2D eigenvalue weighted by Crippen LogP contribution is -2.02. The van der Waals surface area contributed by atoms with Gasteiger partial charge in [0.25, 0.3) is 0 Å². The predicted molar refractivity (Wildman–Crippen MR) is 96.3 cm³/mol. The van der Waals surface area contributed by atoms with Crippen LogP contribution in [0.25, 0.3) is 0 Å². The molecule has 128 valence electrons. The summed E-state index contributed by atoms with van der Waals surface area (Å²) in [6.45, 7) is 3.78. The molecular formula is C21H19F2NO. The van der Waals surface area contributed by atoms with Crippen LogP contribution in [0.1, 0.15) is 16.7 Å². The minimum Gasteiger partial charge on any atom is -0.485 e. The molecule has 0 bridgehead atoms. The Morgan fingerprint density at radius 2 is 1.60 bits per heavy atom. The van der Waals surface area contributed by atoms with Crippen LogP contribution in [0.4, 0.5) is 20.2 Å². The van der Waals surface area contributed by atoms with Crippen LogP contribution in [0.2, 0.25) is 0 Å². The van der Waals surface area contributed by atoms with Crippen LogP contribution in [0.5, 0.6) is 5.75 Å². The normalized spacial score (nSPS) is 10.6. The van der Waals surface area contributed by atoms with Gasteiger partial charge in [-0.25, -0.2) is 8.78 Å². The van der Waals surface area contributed by atoms with Crippen LogP contribution in [0.15, 0.2) is 60.7 Å². The van der Waals surface area contributed by atoms with Gasteiger partial charge in [-0.15, -0.1) is 0 Å². The molecule has 3 aromatic carbocycles. The van der Waals surface area contributed by atoms with E-state index >= 15 is 0 Å². The summed E-state index contributed by atoms with van der Waals surface area (Å²) in [4.78, 5) is 0. The third-order valence-corrected chi connectivity index (χ3v) is 4.02. The summed E-state index contributed by atoms with van der Waals surface area (Å²) >= 11 is 0. The van der Waals surface area contributed by atoms with Crippen molar-refractivity contribution in [3.05, 3.63) is 89.0 Å². The summed E-state index contributed by atoms with van der Waals surface area (Å²) < 4.78 is 33.3. The van der Waals surface area contributed by atoms with Crippen molar-refractivity contribution < 1.29 is 13.5 Å². The topological polar surface area (TPSA) is 21.3 Å². The Bertz CT molecular complexity index is 879. The first-order chi connectivity index (χ1) is 12.0. The molecule has 1 N–H and O–H groups in total. The standard InChI is InChI=1S/C21H19F2NO/c1-14-12-17(8-9-18(14)22)24-20-11-10-19(23)21(15(20)2)25-13-16-6-4-3-5-7-16/h3-12,24H,13H2,1-2H3. The molecule has 3 rings (SSSR count). The molecule has 0 saturated heterocycles. The van der Waals surface area contributed by atoms with Crippen molar-refractivity contribution in [3.8, 4) is 5.75 Å². The molecule has 2 nitrogen and oxygen atoms in total. The molecular weight excluding hydrogens is 320 g/mol. The van der Waals surface area contributed by atoms with Crippen LogP contribution in [-0.4, -0.2) is 0 Å². The Hall–Kier alpha value is -2.88. The number of halogens is 2. The van der Waals surface area contributed by atoms with Crippen molar-refractivity contribution in [3.63, 3.8) is 0 Å². The van der Waals surface area contributed by atoms with Crippen LogP contribution in [0.3, 0.4) is 0 Å². The fraction of sp³-hybridized carbons (Fsp3) is 0.143. The highest BCUT2D eigenvalue weighted by Gasteiger charge is 2.12. The van der Waals surface area contributed by atoms with Gasteiger partial charge in [-0.1, -0.05) is 30.3 Å². The van der Waals surface area contributed by atoms with Crippen LogP contribution >= 0.6 is 0 Å². The van der Waals surface area contributed by atoms with Gasteiger partial charge in [-0.05, 0) is 55.3 Å². The third kappa shape index (κ3) is 3.97. The molecule has 0 heterocycles. The van der Waals surface area contributed by atoms with Gasteiger partial charge in [0.05, 0.1) is 0 Å². The number of ether oxygens (including phenoxy) is 1. The number of benzene rings is 3. The van der Waals surface area contributed by atoms with E-state index in [1.807, 2.05) is 30.3 Å². The van der Waals surface area contributed by atoms with Crippen molar-refractivity contribution in [1.29, 1.82) is 0 Å². The average molecular weight is 339 g/mol. The molecule has 0 aliphatic rings. The Morgan fingerprint density at radius 3 is 2.32 bits per heavy atom. The predicted octanol–water partition coefficient (Wildman–Crippen LogP) is 5.90. The highest BCUT2D eigenvalue weighted by molar-refractivity contribution is 5.66. The number of hydrogen-bond acceptors (Lipinski definition) is 2. The van der Waals surface area contributed by atoms with E-state index in [2.05, 4.69) is 5.32 Å². The second kappa shape index (κ2) is 7.34. The summed E-state index contributed by atoms with van der Waals surface area (Å²) in [6.07, 6.45) is 0. The van der Waals surface area contributed by atoms with E-state index in [0.717, 1.165) is 16.9 Å². The van der Waals surface area contributed by atoms with Crippen molar-refractivity contribution in [2.24, 2.45) is 0 Å². The third-order valence-electron chi connectivity index (χ3n) is 4.02. The second-order valence-electron chi connectivity index (χ2n) is 5.91. The van der Waals surface area contributed by atoms with Crippen molar-refractivity contribution in [1.82, 2.24) is 0 Å². The van der Waals surface area contributed by atoms with Gasteiger partial charge in [0.2, 0.25) is 0 Å². The first kappa shape index (κ1) is 17.0. The number of nitrogens with one attached hydrogen (secondary N) is 1. The molecule has 0 fully saturated rings. The molecule has 0 aliphatic carbocycles. The molecule has 0 aliphatic heterocycles. The summed E-state index contributed by atoms with van der Waals surface area (Å²) in [7, 11) is 0. The first-order valence-electron chi connectivity index (χ1n) is 8.03. The molecule has 3 aromatic rings. The number of rotatable bonds is 5. The highest BCUT2D eigenvalue weighted by Crippen LogP contribution is 2.31. The zero-order chi connectivity index (χ0) is 17.8. The molecule has 0 unspecified atom stereocenters. The maximum absolute atomic E-state index is 14.2. The van der Waals surface area contributed by atoms with E-state index in [-0.39, 0.29) is 18.2 Å². The van der Waals surface area contributed by atoms with Gasteiger partial charge < -0.3 is 10.1 Å². The van der Waals surface area contributed by atoms with E-state index in [1.165, 1.54) is 12.1 Å². The Labute approximate surface area is 146 Å². The zero-order valence-electron chi connectivity index (χ0n) is 14.1. The van der Waals surface area contributed by atoms with Gasteiger partial charge in [-0.3, -0.25) is 0 Å². The Morgan fingerprint density at radius 1 is 0.880 bits per heavy atom. The average Bonchev–Trinajstić information content (AvgIpc) is 2.61. The smallest absolute Gasteiger partial charge is 0.165 e. The minimum absolute atomic E-state index is 0.215. The lowest BCUT2D eigenvalue weighted by atomic mass is 10.1. The number of hydrogen-bond donors (Lipinski definition) is 1.